The van der Waals surface area contributed by atoms with Gasteiger partial charge in [0.15, 0.2) is 0 Å². The van der Waals surface area contributed by atoms with Gasteiger partial charge in [-0.25, -0.2) is 0 Å². The number of aliphatic hydroxyl groups excluding tert-OH is 1. The Morgan fingerprint density at radius 3 is 2.74 bits per heavy atom. The van der Waals surface area contributed by atoms with E-state index >= 15 is 0 Å². The van der Waals surface area contributed by atoms with E-state index in [0.717, 1.165) is 18.8 Å². The van der Waals surface area contributed by atoms with Gasteiger partial charge in [-0.2, -0.15) is 5.26 Å². The Hall–Kier alpha value is -1.57. The first-order valence-electron chi connectivity index (χ1n) is 6.57. The van der Waals surface area contributed by atoms with E-state index in [1.54, 1.807) is 0 Å². The number of benzene rings is 1. The van der Waals surface area contributed by atoms with Gasteiger partial charge in [-0.15, -0.1) is 0 Å². The summed E-state index contributed by atoms with van der Waals surface area (Å²) in [5.74, 6) is 0. The summed E-state index contributed by atoms with van der Waals surface area (Å²) in [6.45, 7) is 6.07. The zero-order valence-electron chi connectivity index (χ0n) is 11.8. The zero-order valence-corrected chi connectivity index (χ0v) is 11.8. The number of nitrogens with zero attached hydrogens (tertiary/aromatic N) is 3. The van der Waals surface area contributed by atoms with Crippen molar-refractivity contribution in [3.05, 3.63) is 29.8 Å². The predicted molar refractivity (Wildman–Crippen MR) is 76.1 cm³/mol. The van der Waals surface area contributed by atoms with Crippen molar-refractivity contribution in [2.24, 2.45) is 0 Å². The minimum Gasteiger partial charge on any atom is -0.395 e. The summed E-state index contributed by atoms with van der Waals surface area (Å²) in [7, 11) is 2.04. The molecule has 1 fully saturated rings. The van der Waals surface area contributed by atoms with Crippen LogP contribution in [0.1, 0.15) is 19.4 Å². The second-order valence-corrected chi connectivity index (χ2v) is 5.80. The van der Waals surface area contributed by atoms with E-state index in [2.05, 4.69) is 29.7 Å². The minimum atomic E-state index is -0.0621. The SMILES string of the molecule is CN1CC(C)(C)N(c2ccccc2C#N)CC1CO. The van der Waals surface area contributed by atoms with E-state index < -0.39 is 0 Å². The third-order valence-corrected chi connectivity index (χ3v) is 3.91. The lowest BCUT2D eigenvalue weighted by Gasteiger charge is -2.51. The second-order valence-electron chi connectivity index (χ2n) is 5.80. The molecular weight excluding hydrogens is 238 g/mol. The van der Waals surface area contributed by atoms with Crippen LogP contribution in [0.4, 0.5) is 5.69 Å². The molecule has 4 nitrogen and oxygen atoms in total. The molecule has 0 spiro atoms. The molecule has 102 valence electrons. The van der Waals surface area contributed by atoms with E-state index in [0.29, 0.717) is 5.56 Å². The Kier molecular flexibility index (Phi) is 3.79. The molecule has 19 heavy (non-hydrogen) atoms. The van der Waals surface area contributed by atoms with Crippen LogP contribution >= 0.6 is 0 Å². The summed E-state index contributed by atoms with van der Waals surface area (Å²) < 4.78 is 0. The van der Waals surface area contributed by atoms with Crippen molar-refractivity contribution in [3.8, 4) is 6.07 Å². The normalized spacial score (nSPS) is 23.1. The summed E-state index contributed by atoms with van der Waals surface area (Å²) in [4.78, 5) is 4.43. The van der Waals surface area contributed by atoms with Gasteiger partial charge in [-0.3, -0.25) is 4.90 Å². The number of nitriles is 1. The van der Waals surface area contributed by atoms with Crippen LogP contribution in [0.2, 0.25) is 0 Å². The van der Waals surface area contributed by atoms with Crippen LogP contribution in [0, 0.1) is 11.3 Å². The molecular formula is C15H21N3O. The molecule has 4 heteroatoms. The third-order valence-electron chi connectivity index (χ3n) is 3.91. The molecule has 0 amide bonds. The summed E-state index contributed by atoms with van der Waals surface area (Å²) >= 11 is 0. The quantitative estimate of drug-likeness (QED) is 0.873. The fourth-order valence-corrected chi connectivity index (χ4v) is 2.85. The van der Waals surface area contributed by atoms with Crippen molar-refractivity contribution in [1.29, 1.82) is 5.26 Å². The van der Waals surface area contributed by atoms with Crippen molar-refractivity contribution in [2.45, 2.75) is 25.4 Å². The molecule has 1 atom stereocenters. The molecule has 0 aliphatic carbocycles. The Labute approximate surface area is 114 Å². The van der Waals surface area contributed by atoms with Crippen LogP contribution in [-0.2, 0) is 0 Å². The molecule has 0 saturated carbocycles. The highest BCUT2D eigenvalue weighted by Crippen LogP contribution is 2.31. The second kappa shape index (κ2) is 5.20. The van der Waals surface area contributed by atoms with Gasteiger partial charge >= 0.3 is 0 Å². The molecule has 1 aliphatic rings. The lowest BCUT2D eigenvalue weighted by atomic mass is 9.94. The molecule has 1 heterocycles. The lowest BCUT2D eigenvalue weighted by molar-refractivity contribution is 0.0980. The summed E-state index contributed by atoms with van der Waals surface area (Å²) in [5.41, 5.74) is 1.59. The smallest absolute Gasteiger partial charge is 0.101 e. The molecule has 1 saturated heterocycles. The largest absolute Gasteiger partial charge is 0.395 e. The van der Waals surface area contributed by atoms with Crippen molar-refractivity contribution < 1.29 is 5.11 Å². The predicted octanol–water partition coefficient (Wildman–Crippen LogP) is 1.45. The van der Waals surface area contributed by atoms with Crippen molar-refractivity contribution in [1.82, 2.24) is 4.90 Å². The maximum Gasteiger partial charge on any atom is 0.101 e. The van der Waals surface area contributed by atoms with Gasteiger partial charge in [-0.05, 0) is 33.0 Å². The number of rotatable bonds is 2. The molecule has 1 unspecified atom stereocenters. The van der Waals surface area contributed by atoms with Gasteiger partial charge in [-0.1, -0.05) is 12.1 Å². The highest BCUT2D eigenvalue weighted by Gasteiger charge is 2.37. The standard InChI is InChI=1S/C15H21N3O/c1-15(2)11-17(3)13(10-19)9-18(15)14-7-5-4-6-12(14)8-16/h4-7,13,19H,9-11H2,1-3H3. The number of piperazine rings is 1. The lowest BCUT2D eigenvalue weighted by Crippen LogP contribution is -2.63. The fourth-order valence-electron chi connectivity index (χ4n) is 2.85. The highest BCUT2D eigenvalue weighted by atomic mass is 16.3. The van der Waals surface area contributed by atoms with Gasteiger partial charge in [0.1, 0.15) is 6.07 Å². The van der Waals surface area contributed by atoms with Crippen LogP contribution in [0.15, 0.2) is 24.3 Å². The molecule has 0 bridgehead atoms. The van der Waals surface area contributed by atoms with Crippen molar-refractivity contribution in [2.75, 3.05) is 31.6 Å². The number of hydrogen-bond acceptors (Lipinski definition) is 4. The molecule has 1 aromatic rings. The van der Waals surface area contributed by atoms with Gasteiger partial charge in [0.2, 0.25) is 0 Å². The third kappa shape index (κ3) is 2.58. The maximum absolute atomic E-state index is 9.49. The van der Waals surface area contributed by atoms with Gasteiger partial charge < -0.3 is 10.0 Å². The zero-order chi connectivity index (χ0) is 14.0. The first kappa shape index (κ1) is 13.9. The number of likely N-dealkylation sites (N-methyl/N-ethyl adjacent to an activating group) is 1. The summed E-state index contributed by atoms with van der Waals surface area (Å²) in [6.07, 6.45) is 0. The van der Waals surface area contributed by atoms with Crippen LogP contribution in [0.5, 0.6) is 0 Å². The van der Waals surface area contributed by atoms with Crippen LogP contribution in [-0.4, -0.2) is 48.3 Å². The van der Waals surface area contributed by atoms with E-state index in [4.69, 9.17) is 0 Å². The molecule has 2 rings (SSSR count). The Morgan fingerprint density at radius 1 is 1.42 bits per heavy atom. The molecule has 0 radical (unpaired) electrons. The van der Waals surface area contributed by atoms with Crippen LogP contribution in [0.3, 0.4) is 0 Å². The number of aliphatic hydroxyl groups is 1. The average Bonchev–Trinajstić information content (AvgIpc) is 2.38. The van der Waals surface area contributed by atoms with E-state index in [9.17, 15) is 10.4 Å². The highest BCUT2D eigenvalue weighted by molar-refractivity contribution is 5.61. The van der Waals surface area contributed by atoms with Crippen LogP contribution < -0.4 is 4.90 Å². The van der Waals surface area contributed by atoms with E-state index in [-0.39, 0.29) is 18.2 Å². The monoisotopic (exact) mass is 259 g/mol. The van der Waals surface area contributed by atoms with Gasteiger partial charge in [0.05, 0.1) is 23.9 Å². The topological polar surface area (TPSA) is 50.5 Å². The molecule has 1 aromatic carbocycles. The first-order chi connectivity index (χ1) is 8.99. The fraction of sp³-hybridized carbons (Fsp3) is 0.533. The Morgan fingerprint density at radius 2 is 2.11 bits per heavy atom. The van der Waals surface area contributed by atoms with Crippen molar-refractivity contribution >= 4 is 5.69 Å². The molecule has 1 N–H and O–H groups in total. The first-order valence-corrected chi connectivity index (χ1v) is 6.57. The van der Waals surface area contributed by atoms with Crippen LogP contribution in [0.25, 0.3) is 0 Å². The number of hydrogen-bond donors (Lipinski definition) is 1. The molecule has 1 aliphatic heterocycles. The average molecular weight is 259 g/mol. The summed E-state index contributed by atoms with van der Waals surface area (Å²) in [6, 6.07) is 10.0. The van der Waals surface area contributed by atoms with Gasteiger partial charge in [0.25, 0.3) is 0 Å². The van der Waals surface area contributed by atoms with Crippen molar-refractivity contribution in [3.63, 3.8) is 0 Å². The number of para-hydroxylation sites is 1. The Bertz CT molecular complexity index is 492. The molecule has 0 aromatic heterocycles. The summed E-state index contributed by atoms with van der Waals surface area (Å²) in [5, 5.41) is 18.7. The minimum absolute atomic E-state index is 0.0621. The number of anilines is 1. The van der Waals surface area contributed by atoms with E-state index in [1.165, 1.54) is 0 Å². The van der Waals surface area contributed by atoms with Gasteiger partial charge in [0, 0.05) is 18.6 Å². The Balaban J connectivity index is 2.39. The van der Waals surface area contributed by atoms with E-state index in [1.807, 2.05) is 31.3 Å². The maximum atomic E-state index is 9.49.